The lowest BCUT2D eigenvalue weighted by Crippen LogP contribution is -2.53. The minimum Gasteiger partial charge on any atom is -0.393 e. The molecular formula is C18H29N3O2. The Morgan fingerprint density at radius 3 is 2.83 bits per heavy atom. The monoisotopic (exact) mass is 319 g/mol. The number of nitrogen functional groups attached to an aromatic ring is 1. The van der Waals surface area contributed by atoms with Gasteiger partial charge in [-0.1, -0.05) is 13.8 Å². The molecule has 1 spiro atoms. The van der Waals surface area contributed by atoms with E-state index in [0.717, 1.165) is 45.3 Å². The molecule has 2 fully saturated rings. The summed E-state index contributed by atoms with van der Waals surface area (Å²) in [4.78, 5) is 6.49. The maximum absolute atomic E-state index is 10.3. The van der Waals surface area contributed by atoms with Gasteiger partial charge in [-0.3, -0.25) is 4.90 Å². The van der Waals surface area contributed by atoms with E-state index in [9.17, 15) is 5.11 Å². The fraction of sp³-hybridized carbons (Fsp3) is 0.722. The first kappa shape index (κ1) is 16.7. The Bertz CT molecular complexity index is 527. The third-order valence-electron chi connectivity index (χ3n) is 5.28. The summed E-state index contributed by atoms with van der Waals surface area (Å²) < 4.78 is 6.45. The highest BCUT2D eigenvalue weighted by Crippen LogP contribution is 2.39. The summed E-state index contributed by atoms with van der Waals surface area (Å²) in [5, 5.41) is 10.3. The number of anilines is 1. The number of hydrogen-bond acceptors (Lipinski definition) is 5. The highest BCUT2D eigenvalue weighted by atomic mass is 16.5. The van der Waals surface area contributed by atoms with Gasteiger partial charge in [0.15, 0.2) is 0 Å². The van der Waals surface area contributed by atoms with Crippen LogP contribution in [0.15, 0.2) is 18.3 Å². The van der Waals surface area contributed by atoms with Gasteiger partial charge in [-0.05, 0) is 42.9 Å². The van der Waals surface area contributed by atoms with Crippen LogP contribution in [0.2, 0.25) is 0 Å². The summed E-state index contributed by atoms with van der Waals surface area (Å²) in [5.74, 6) is 1.04. The van der Waals surface area contributed by atoms with Crippen molar-refractivity contribution in [3.8, 4) is 0 Å². The summed E-state index contributed by atoms with van der Waals surface area (Å²) >= 11 is 0. The Morgan fingerprint density at radius 1 is 1.43 bits per heavy atom. The van der Waals surface area contributed by atoms with E-state index in [-0.39, 0.29) is 17.8 Å². The van der Waals surface area contributed by atoms with Gasteiger partial charge in [-0.15, -0.1) is 0 Å². The molecule has 2 atom stereocenters. The average molecular weight is 319 g/mol. The number of nitrogens with two attached hydrogens (primary N) is 1. The van der Waals surface area contributed by atoms with E-state index < -0.39 is 0 Å². The fourth-order valence-electron chi connectivity index (χ4n) is 3.90. The lowest BCUT2D eigenvalue weighted by Gasteiger charge is -2.49. The summed E-state index contributed by atoms with van der Waals surface area (Å²) in [6.07, 6.45) is 5.28. The predicted molar refractivity (Wildman–Crippen MR) is 90.8 cm³/mol. The molecule has 0 radical (unpaired) electrons. The molecule has 5 nitrogen and oxygen atoms in total. The van der Waals surface area contributed by atoms with E-state index in [1.165, 1.54) is 5.56 Å². The molecule has 0 aliphatic carbocycles. The molecule has 128 valence electrons. The van der Waals surface area contributed by atoms with Crippen LogP contribution in [-0.4, -0.2) is 45.9 Å². The maximum Gasteiger partial charge on any atom is 0.123 e. The molecule has 2 saturated heterocycles. The van der Waals surface area contributed by atoms with E-state index in [4.69, 9.17) is 10.5 Å². The lowest BCUT2D eigenvalue weighted by atomic mass is 9.80. The number of ether oxygens (including phenoxy) is 1. The van der Waals surface area contributed by atoms with Gasteiger partial charge in [0.1, 0.15) is 5.82 Å². The zero-order chi connectivity index (χ0) is 16.4. The first-order valence-corrected chi connectivity index (χ1v) is 8.74. The standard InChI is InChI=1S/C18H29N3O2/c1-13(2)16-10-15(22)11-18(23-16)4-7-21(8-5-18)12-14-3-6-20-17(19)9-14/h3,6,9,13,15-16,22H,4-5,7-8,10-12H2,1-2H3,(H2,19,20)/t15-,16-/m1/s1. The molecule has 0 aromatic carbocycles. The minimum absolute atomic E-state index is 0.125. The summed E-state index contributed by atoms with van der Waals surface area (Å²) in [6, 6.07) is 3.97. The molecule has 1 aromatic rings. The summed E-state index contributed by atoms with van der Waals surface area (Å²) in [6.45, 7) is 7.26. The number of nitrogens with zero attached hydrogens (tertiary/aromatic N) is 2. The van der Waals surface area contributed by atoms with Crippen molar-refractivity contribution in [2.45, 2.75) is 63.9 Å². The predicted octanol–water partition coefficient (Wildman–Crippen LogP) is 2.19. The number of likely N-dealkylation sites (tertiary alicyclic amines) is 1. The zero-order valence-electron chi connectivity index (χ0n) is 14.2. The Kier molecular flexibility index (Phi) is 4.90. The van der Waals surface area contributed by atoms with Crippen molar-refractivity contribution in [2.75, 3.05) is 18.8 Å². The number of aliphatic hydroxyl groups is 1. The second-order valence-electron chi connectivity index (χ2n) is 7.54. The summed E-state index contributed by atoms with van der Waals surface area (Å²) in [5.41, 5.74) is 6.84. The van der Waals surface area contributed by atoms with E-state index in [2.05, 4.69) is 23.7 Å². The zero-order valence-corrected chi connectivity index (χ0v) is 14.2. The van der Waals surface area contributed by atoms with Crippen LogP contribution in [0, 0.1) is 5.92 Å². The average Bonchev–Trinajstić information content (AvgIpc) is 2.49. The molecule has 0 unspecified atom stereocenters. The maximum atomic E-state index is 10.3. The van der Waals surface area contributed by atoms with Crippen LogP contribution in [0.25, 0.3) is 0 Å². The van der Waals surface area contributed by atoms with Crippen LogP contribution in [0.1, 0.15) is 45.1 Å². The molecule has 5 heteroatoms. The third kappa shape index (κ3) is 4.03. The van der Waals surface area contributed by atoms with Crippen molar-refractivity contribution in [2.24, 2.45) is 5.92 Å². The van der Waals surface area contributed by atoms with Gasteiger partial charge in [0.2, 0.25) is 0 Å². The van der Waals surface area contributed by atoms with E-state index >= 15 is 0 Å². The molecule has 0 amide bonds. The van der Waals surface area contributed by atoms with Crippen LogP contribution in [0.5, 0.6) is 0 Å². The van der Waals surface area contributed by atoms with Crippen molar-refractivity contribution in [1.82, 2.24) is 9.88 Å². The second-order valence-corrected chi connectivity index (χ2v) is 7.54. The largest absolute Gasteiger partial charge is 0.393 e. The van der Waals surface area contributed by atoms with Gasteiger partial charge in [0, 0.05) is 32.3 Å². The molecule has 23 heavy (non-hydrogen) atoms. The number of hydrogen-bond donors (Lipinski definition) is 2. The molecule has 3 rings (SSSR count). The molecule has 0 saturated carbocycles. The number of aliphatic hydroxyl groups excluding tert-OH is 1. The second kappa shape index (κ2) is 6.75. The first-order chi connectivity index (χ1) is 11.0. The quantitative estimate of drug-likeness (QED) is 0.893. The lowest BCUT2D eigenvalue weighted by molar-refractivity contribution is -0.193. The Labute approximate surface area is 138 Å². The van der Waals surface area contributed by atoms with Crippen molar-refractivity contribution in [3.63, 3.8) is 0 Å². The molecule has 2 aliphatic rings. The first-order valence-electron chi connectivity index (χ1n) is 8.74. The molecule has 0 bridgehead atoms. The van der Waals surface area contributed by atoms with Crippen molar-refractivity contribution < 1.29 is 9.84 Å². The molecular weight excluding hydrogens is 290 g/mol. The SMILES string of the molecule is CC(C)[C@H]1C[C@@H](O)CC2(CCN(Cc3ccnc(N)c3)CC2)O1. The van der Waals surface area contributed by atoms with Crippen LogP contribution in [0.3, 0.4) is 0 Å². The van der Waals surface area contributed by atoms with E-state index in [0.29, 0.717) is 11.7 Å². The summed E-state index contributed by atoms with van der Waals surface area (Å²) in [7, 11) is 0. The molecule has 3 N–H and O–H groups in total. The number of rotatable bonds is 3. The Morgan fingerprint density at radius 2 is 2.17 bits per heavy atom. The highest BCUT2D eigenvalue weighted by Gasteiger charge is 2.43. The van der Waals surface area contributed by atoms with Crippen LogP contribution in [-0.2, 0) is 11.3 Å². The fourth-order valence-corrected chi connectivity index (χ4v) is 3.90. The van der Waals surface area contributed by atoms with Gasteiger partial charge in [-0.25, -0.2) is 4.98 Å². The van der Waals surface area contributed by atoms with Crippen molar-refractivity contribution >= 4 is 5.82 Å². The van der Waals surface area contributed by atoms with Gasteiger partial charge in [-0.2, -0.15) is 0 Å². The van der Waals surface area contributed by atoms with Crippen molar-refractivity contribution in [3.05, 3.63) is 23.9 Å². The molecule has 3 heterocycles. The Balaban J connectivity index is 1.59. The number of pyridine rings is 1. The Hall–Kier alpha value is -1.17. The van der Waals surface area contributed by atoms with Gasteiger partial charge >= 0.3 is 0 Å². The normalized spacial score (nSPS) is 28.3. The van der Waals surface area contributed by atoms with Crippen LogP contribution < -0.4 is 5.73 Å². The highest BCUT2D eigenvalue weighted by molar-refractivity contribution is 5.31. The van der Waals surface area contributed by atoms with Gasteiger partial charge < -0.3 is 15.6 Å². The smallest absolute Gasteiger partial charge is 0.123 e. The van der Waals surface area contributed by atoms with E-state index in [1.54, 1.807) is 6.20 Å². The van der Waals surface area contributed by atoms with Crippen molar-refractivity contribution in [1.29, 1.82) is 0 Å². The topological polar surface area (TPSA) is 71.6 Å². The van der Waals surface area contributed by atoms with Gasteiger partial charge in [0.25, 0.3) is 0 Å². The number of piperidine rings is 1. The third-order valence-corrected chi connectivity index (χ3v) is 5.28. The van der Waals surface area contributed by atoms with E-state index in [1.807, 2.05) is 12.1 Å². The number of aromatic nitrogens is 1. The van der Waals surface area contributed by atoms with Crippen LogP contribution in [0.4, 0.5) is 5.82 Å². The molecule has 2 aliphatic heterocycles. The minimum atomic E-state index is -0.220. The van der Waals surface area contributed by atoms with Gasteiger partial charge in [0.05, 0.1) is 17.8 Å². The molecule has 1 aromatic heterocycles. The van der Waals surface area contributed by atoms with Crippen LogP contribution >= 0.6 is 0 Å².